The second-order valence-corrected chi connectivity index (χ2v) is 7.30. The Bertz CT molecular complexity index is 951. The molecule has 6 nitrogen and oxygen atoms in total. The van der Waals surface area contributed by atoms with Crippen molar-refractivity contribution in [1.82, 2.24) is 9.47 Å². The van der Waals surface area contributed by atoms with Crippen molar-refractivity contribution >= 4 is 17.7 Å². The molecule has 1 aromatic carbocycles. The van der Waals surface area contributed by atoms with Crippen molar-refractivity contribution in [3.05, 3.63) is 65.3 Å². The van der Waals surface area contributed by atoms with E-state index >= 15 is 0 Å². The van der Waals surface area contributed by atoms with Crippen LogP contribution in [0.4, 0.5) is 0 Å². The maximum absolute atomic E-state index is 12.8. The molecule has 1 aromatic heterocycles. The van der Waals surface area contributed by atoms with Crippen molar-refractivity contribution in [2.24, 2.45) is 4.99 Å². The summed E-state index contributed by atoms with van der Waals surface area (Å²) < 4.78 is 1.53. The van der Waals surface area contributed by atoms with Gasteiger partial charge in [0, 0.05) is 19.2 Å². The molecule has 144 valence electrons. The minimum Gasteiger partial charge on any atom is -0.274 e. The van der Waals surface area contributed by atoms with Gasteiger partial charge in [0.2, 0.25) is 5.91 Å². The number of amides is 2. The molecule has 0 unspecified atom stereocenters. The molecule has 0 bridgehead atoms. The fraction of sp³-hybridized carbons (Fsp3) is 0.364. The number of hydrogen-bond donors (Lipinski definition) is 0. The van der Waals surface area contributed by atoms with Gasteiger partial charge in [0.1, 0.15) is 5.49 Å². The molecule has 1 fully saturated rings. The highest BCUT2D eigenvalue weighted by Crippen LogP contribution is 2.22. The van der Waals surface area contributed by atoms with Crippen molar-refractivity contribution in [3.63, 3.8) is 0 Å². The first-order valence-electron chi connectivity index (χ1n) is 9.85. The van der Waals surface area contributed by atoms with Crippen molar-refractivity contribution in [1.29, 1.82) is 0 Å². The number of fused-ring (bicyclic) bond motifs is 1. The van der Waals surface area contributed by atoms with E-state index in [9.17, 15) is 14.4 Å². The third-order valence-electron chi connectivity index (χ3n) is 5.42. The molecule has 1 saturated carbocycles. The first-order chi connectivity index (χ1) is 13.6. The van der Waals surface area contributed by atoms with Gasteiger partial charge in [-0.3, -0.25) is 28.8 Å². The van der Waals surface area contributed by atoms with Crippen LogP contribution in [0.2, 0.25) is 0 Å². The summed E-state index contributed by atoms with van der Waals surface area (Å²) >= 11 is 0. The van der Waals surface area contributed by atoms with E-state index in [1.54, 1.807) is 36.5 Å². The molecule has 2 aromatic rings. The highest BCUT2D eigenvalue weighted by atomic mass is 16.2. The highest BCUT2D eigenvalue weighted by molar-refractivity contribution is 6.21. The quantitative estimate of drug-likeness (QED) is 0.769. The van der Waals surface area contributed by atoms with Crippen LogP contribution in [0.15, 0.2) is 53.7 Å². The largest absolute Gasteiger partial charge is 0.274 e. The molecule has 2 amide bonds. The maximum Gasteiger partial charge on any atom is 0.261 e. The summed E-state index contributed by atoms with van der Waals surface area (Å²) in [5.74, 6) is -0.844. The van der Waals surface area contributed by atoms with E-state index in [-0.39, 0.29) is 36.7 Å². The smallest absolute Gasteiger partial charge is 0.261 e. The van der Waals surface area contributed by atoms with Gasteiger partial charge in [0.25, 0.3) is 11.8 Å². The Hall–Kier alpha value is -3.02. The molecular weight excluding hydrogens is 354 g/mol. The zero-order valence-electron chi connectivity index (χ0n) is 15.7. The molecule has 28 heavy (non-hydrogen) atoms. The summed E-state index contributed by atoms with van der Waals surface area (Å²) in [4.78, 5) is 43.6. The molecule has 1 aliphatic heterocycles. The van der Waals surface area contributed by atoms with Crippen LogP contribution in [-0.2, 0) is 0 Å². The third kappa shape index (κ3) is 3.54. The lowest BCUT2D eigenvalue weighted by Gasteiger charge is -2.18. The zero-order chi connectivity index (χ0) is 19.5. The van der Waals surface area contributed by atoms with Crippen LogP contribution >= 0.6 is 0 Å². The highest BCUT2D eigenvalue weighted by Gasteiger charge is 2.35. The van der Waals surface area contributed by atoms with Crippen molar-refractivity contribution < 1.29 is 14.4 Å². The predicted octanol–water partition coefficient (Wildman–Crippen LogP) is 3.05. The SMILES string of the molecule is O=C1c2ccccc2C(=O)N1CCC(=O)n1ccccc1=NC1CCCCC1. The number of nitrogens with zero attached hydrogens (tertiary/aromatic N) is 3. The van der Waals surface area contributed by atoms with Crippen molar-refractivity contribution in [2.45, 2.75) is 44.6 Å². The Kier molecular flexibility index (Phi) is 5.19. The van der Waals surface area contributed by atoms with E-state index in [1.807, 2.05) is 12.1 Å². The summed E-state index contributed by atoms with van der Waals surface area (Å²) in [6.07, 6.45) is 7.47. The summed E-state index contributed by atoms with van der Waals surface area (Å²) in [5.41, 5.74) is 1.45. The first kappa shape index (κ1) is 18.3. The molecular formula is C22H23N3O3. The molecule has 2 heterocycles. The average Bonchev–Trinajstić information content (AvgIpc) is 2.98. The predicted molar refractivity (Wildman–Crippen MR) is 104 cm³/mol. The Morgan fingerprint density at radius 3 is 2.25 bits per heavy atom. The molecule has 0 saturated heterocycles. The second-order valence-electron chi connectivity index (χ2n) is 7.30. The van der Waals surface area contributed by atoms with E-state index in [0.29, 0.717) is 16.6 Å². The standard InChI is InChI=1S/C22H23N3O3/c26-20(13-15-25-21(27)17-10-4-5-11-18(17)22(25)28)24-14-7-6-12-19(24)23-16-8-2-1-3-9-16/h4-7,10-12,14,16H,1-3,8-9,13,15H2. The molecule has 4 rings (SSSR count). The van der Waals surface area contributed by atoms with Crippen LogP contribution < -0.4 is 5.49 Å². The Morgan fingerprint density at radius 2 is 1.57 bits per heavy atom. The minimum atomic E-state index is -0.335. The molecule has 2 aliphatic rings. The van der Waals surface area contributed by atoms with E-state index in [1.165, 1.54) is 23.8 Å². The second kappa shape index (κ2) is 7.92. The van der Waals surface area contributed by atoms with E-state index in [0.717, 1.165) is 17.7 Å². The summed E-state index contributed by atoms with van der Waals surface area (Å²) in [6.45, 7) is 0.0654. The number of rotatable bonds is 4. The number of pyridine rings is 1. The summed E-state index contributed by atoms with van der Waals surface area (Å²) in [6, 6.07) is 12.5. The summed E-state index contributed by atoms with van der Waals surface area (Å²) in [5, 5.41) is 0. The molecule has 0 spiro atoms. The van der Waals surface area contributed by atoms with E-state index < -0.39 is 0 Å². The molecule has 0 N–H and O–H groups in total. The molecule has 0 radical (unpaired) electrons. The Labute approximate surface area is 163 Å². The van der Waals surface area contributed by atoms with Crippen LogP contribution in [0.3, 0.4) is 0 Å². The normalized spacial score (nSPS) is 17.9. The van der Waals surface area contributed by atoms with Gasteiger partial charge in [-0.05, 0) is 37.1 Å². The van der Waals surface area contributed by atoms with Crippen LogP contribution in [0, 0.1) is 0 Å². The topological polar surface area (TPSA) is 71.7 Å². The van der Waals surface area contributed by atoms with Gasteiger partial charge in [-0.1, -0.05) is 37.5 Å². The fourth-order valence-corrected chi connectivity index (χ4v) is 3.92. The van der Waals surface area contributed by atoms with Gasteiger partial charge in [0.15, 0.2) is 0 Å². The number of carbonyl (C=O) groups is 3. The third-order valence-corrected chi connectivity index (χ3v) is 5.42. The Morgan fingerprint density at radius 1 is 0.929 bits per heavy atom. The van der Waals surface area contributed by atoms with Gasteiger partial charge >= 0.3 is 0 Å². The van der Waals surface area contributed by atoms with Crippen LogP contribution in [-0.4, -0.2) is 39.8 Å². The number of benzene rings is 1. The molecule has 1 aliphatic carbocycles. The summed E-state index contributed by atoms with van der Waals surface area (Å²) in [7, 11) is 0. The van der Waals surface area contributed by atoms with E-state index in [4.69, 9.17) is 4.99 Å². The van der Waals surface area contributed by atoms with Gasteiger partial charge in [-0.2, -0.15) is 0 Å². The van der Waals surface area contributed by atoms with Crippen LogP contribution in [0.5, 0.6) is 0 Å². The lowest BCUT2D eigenvalue weighted by atomic mass is 9.96. The lowest BCUT2D eigenvalue weighted by molar-refractivity contribution is 0.0644. The van der Waals surface area contributed by atoms with Gasteiger partial charge in [-0.15, -0.1) is 0 Å². The lowest BCUT2D eigenvalue weighted by Crippen LogP contribution is -2.35. The van der Waals surface area contributed by atoms with Crippen LogP contribution in [0.1, 0.15) is 64.0 Å². The fourth-order valence-electron chi connectivity index (χ4n) is 3.92. The van der Waals surface area contributed by atoms with Crippen LogP contribution in [0.25, 0.3) is 0 Å². The van der Waals surface area contributed by atoms with Gasteiger partial charge in [0.05, 0.1) is 17.2 Å². The monoisotopic (exact) mass is 377 g/mol. The number of aromatic nitrogens is 1. The zero-order valence-corrected chi connectivity index (χ0v) is 15.7. The van der Waals surface area contributed by atoms with Gasteiger partial charge in [-0.25, -0.2) is 0 Å². The van der Waals surface area contributed by atoms with Crippen molar-refractivity contribution in [3.8, 4) is 0 Å². The number of carbonyl (C=O) groups excluding carboxylic acids is 3. The van der Waals surface area contributed by atoms with Gasteiger partial charge < -0.3 is 0 Å². The van der Waals surface area contributed by atoms with E-state index in [2.05, 4.69) is 0 Å². The van der Waals surface area contributed by atoms with Crippen molar-refractivity contribution in [2.75, 3.05) is 6.54 Å². The number of hydrogen-bond acceptors (Lipinski definition) is 4. The minimum absolute atomic E-state index is 0.0628. The average molecular weight is 377 g/mol. The Balaban J connectivity index is 1.49. The molecule has 0 atom stereocenters. The molecule has 6 heteroatoms. The first-order valence-corrected chi connectivity index (χ1v) is 9.85. The number of imide groups is 1. The maximum atomic E-state index is 12.8.